The molecule has 0 radical (unpaired) electrons. The fraction of sp³-hybridized carbons (Fsp3) is 1.00. The molecule has 0 aromatic heterocycles. The van der Waals surface area contributed by atoms with Gasteiger partial charge >= 0.3 is 0 Å². The average Bonchev–Trinajstić information content (AvgIpc) is 2.03. The standard InChI is InChI=1S/C11H26N2/c1-7-9-11(13(5)6)10(8-2)12(3)4/h10-11H,7-9H2,1-6H3. The Hall–Kier alpha value is -0.0800. The van der Waals surface area contributed by atoms with Crippen LogP contribution in [0.1, 0.15) is 33.1 Å². The SMILES string of the molecule is CCCC(C(CC)N(C)C)N(C)C. The van der Waals surface area contributed by atoms with Gasteiger partial charge in [0.2, 0.25) is 0 Å². The summed E-state index contributed by atoms with van der Waals surface area (Å²) in [7, 11) is 8.74. The summed E-state index contributed by atoms with van der Waals surface area (Å²) in [6, 6.07) is 1.39. The van der Waals surface area contributed by atoms with E-state index in [0.29, 0.717) is 12.1 Å². The largest absolute Gasteiger partial charge is 0.305 e. The summed E-state index contributed by atoms with van der Waals surface area (Å²) in [5, 5.41) is 0. The highest BCUT2D eigenvalue weighted by atomic mass is 15.2. The van der Waals surface area contributed by atoms with Crippen molar-refractivity contribution in [3.8, 4) is 0 Å². The van der Waals surface area contributed by atoms with E-state index in [1.807, 2.05) is 0 Å². The van der Waals surface area contributed by atoms with Crippen molar-refractivity contribution in [3.63, 3.8) is 0 Å². The normalized spacial score (nSPS) is 16.6. The van der Waals surface area contributed by atoms with Crippen molar-refractivity contribution in [2.75, 3.05) is 28.2 Å². The van der Waals surface area contributed by atoms with Gasteiger partial charge in [-0.15, -0.1) is 0 Å². The van der Waals surface area contributed by atoms with Crippen molar-refractivity contribution in [2.24, 2.45) is 0 Å². The van der Waals surface area contributed by atoms with Crippen LogP contribution in [-0.2, 0) is 0 Å². The molecule has 0 saturated heterocycles. The zero-order chi connectivity index (χ0) is 10.4. The lowest BCUT2D eigenvalue weighted by Gasteiger charge is -2.36. The minimum atomic E-state index is 0.690. The number of likely N-dealkylation sites (N-methyl/N-ethyl adjacent to an activating group) is 2. The molecule has 0 aromatic rings. The smallest absolute Gasteiger partial charge is 0.0245 e. The van der Waals surface area contributed by atoms with E-state index in [4.69, 9.17) is 0 Å². The molecule has 0 saturated carbocycles. The topological polar surface area (TPSA) is 6.48 Å². The molecule has 0 aliphatic heterocycles. The van der Waals surface area contributed by atoms with Crippen molar-refractivity contribution in [3.05, 3.63) is 0 Å². The molecule has 0 heterocycles. The van der Waals surface area contributed by atoms with Crippen LogP contribution in [0.25, 0.3) is 0 Å². The molecule has 0 aliphatic rings. The van der Waals surface area contributed by atoms with Crippen LogP contribution in [0, 0.1) is 0 Å². The highest BCUT2D eigenvalue weighted by molar-refractivity contribution is 4.80. The van der Waals surface area contributed by atoms with Crippen LogP contribution < -0.4 is 0 Å². The summed E-state index contributed by atoms with van der Waals surface area (Å²) in [6.07, 6.45) is 3.80. The minimum absolute atomic E-state index is 0.690. The lowest BCUT2D eigenvalue weighted by atomic mass is 9.99. The predicted molar refractivity (Wildman–Crippen MR) is 60.1 cm³/mol. The molecule has 0 amide bonds. The first-order valence-electron chi connectivity index (χ1n) is 5.37. The quantitative estimate of drug-likeness (QED) is 0.626. The molecular formula is C11H26N2. The molecule has 2 unspecified atom stereocenters. The summed E-state index contributed by atoms with van der Waals surface area (Å²) in [5.41, 5.74) is 0. The van der Waals surface area contributed by atoms with E-state index in [-0.39, 0.29) is 0 Å². The lowest BCUT2D eigenvalue weighted by molar-refractivity contribution is 0.138. The van der Waals surface area contributed by atoms with Crippen LogP contribution in [0.5, 0.6) is 0 Å². The Kier molecular flexibility index (Phi) is 6.35. The van der Waals surface area contributed by atoms with Gasteiger partial charge in [-0.05, 0) is 41.0 Å². The van der Waals surface area contributed by atoms with Gasteiger partial charge in [0.1, 0.15) is 0 Å². The molecule has 0 rings (SSSR count). The molecule has 0 aliphatic carbocycles. The molecule has 0 spiro atoms. The van der Waals surface area contributed by atoms with Gasteiger partial charge in [0.15, 0.2) is 0 Å². The molecule has 0 aromatic carbocycles. The monoisotopic (exact) mass is 186 g/mol. The van der Waals surface area contributed by atoms with Crippen LogP contribution in [0.3, 0.4) is 0 Å². The maximum Gasteiger partial charge on any atom is 0.0245 e. The van der Waals surface area contributed by atoms with E-state index in [2.05, 4.69) is 51.8 Å². The van der Waals surface area contributed by atoms with E-state index in [1.54, 1.807) is 0 Å². The summed E-state index contributed by atoms with van der Waals surface area (Å²) in [4.78, 5) is 4.71. The third-order valence-corrected chi connectivity index (χ3v) is 2.77. The summed E-state index contributed by atoms with van der Waals surface area (Å²) < 4.78 is 0. The van der Waals surface area contributed by atoms with Crippen LogP contribution in [0.2, 0.25) is 0 Å². The molecule has 2 heteroatoms. The molecule has 0 bridgehead atoms. The van der Waals surface area contributed by atoms with Gasteiger partial charge in [-0.3, -0.25) is 0 Å². The summed E-state index contributed by atoms with van der Waals surface area (Å²) >= 11 is 0. The Morgan fingerprint density at radius 2 is 1.31 bits per heavy atom. The van der Waals surface area contributed by atoms with Gasteiger partial charge in [-0.25, -0.2) is 0 Å². The van der Waals surface area contributed by atoms with Gasteiger partial charge < -0.3 is 9.80 Å². The molecule has 2 atom stereocenters. The third-order valence-electron chi connectivity index (χ3n) is 2.77. The van der Waals surface area contributed by atoms with Crippen molar-refractivity contribution in [2.45, 2.75) is 45.2 Å². The van der Waals surface area contributed by atoms with Crippen LogP contribution in [0.4, 0.5) is 0 Å². The van der Waals surface area contributed by atoms with Gasteiger partial charge in [-0.2, -0.15) is 0 Å². The van der Waals surface area contributed by atoms with Gasteiger partial charge in [0.25, 0.3) is 0 Å². The van der Waals surface area contributed by atoms with Gasteiger partial charge in [-0.1, -0.05) is 20.3 Å². The molecule has 2 nitrogen and oxygen atoms in total. The Morgan fingerprint density at radius 3 is 1.54 bits per heavy atom. The second-order valence-electron chi connectivity index (χ2n) is 4.26. The Labute approximate surface area is 83.9 Å². The molecule has 0 N–H and O–H groups in total. The van der Waals surface area contributed by atoms with E-state index in [9.17, 15) is 0 Å². The van der Waals surface area contributed by atoms with E-state index in [0.717, 1.165) is 0 Å². The number of hydrogen-bond donors (Lipinski definition) is 0. The molecule has 13 heavy (non-hydrogen) atoms. The van der Waals surface area contributed by atoms with Gasteiger partial charge in [0, 0.05) is 12.1 Å². The Bertz CT molecular complexity index is 121. The first-order valence-corrected chi connectivity index (χ1v) is 5.37. The highest BCUT2D eigenvalue weighted by Crippen LogP contribution is 2.14. The minimum Gasteiger partial charge on any atom is -0.305 e. The van der Waals surface area contributed by atoms with Crippen molar-refractivity contribution < 1.29 is 0 Å². The fourth-order valence-corrected chi connectivity index (χ4v) is 2.07. The average molecular weight is 186 g/mol. The van der Waals surface area contributed by atoms with Crippen LogP contribution in [0.15, 0.2) is 0 Å². The van der Waals surface area contributed by atoms with Crippen molar-refractivity contribution in [1.82, 2.24) is 9.80 Å². The lowest BCUT2D eigenvalue weighted by Crippen LogP contribution is -2.46. The number of nitrogens with zero attached hydrogens (tertiary/aromatic N) is 2. The first kappa shape index (κ1) is 12.9. The van der Waals surface area contributed by atoms with Crippen LogP contribution in [-0.4, -0.2) is 50.1 Å². The van der Waals surface area contributed by atoms with Crippen LogP contribution >= 0.6 is 0 Å². The maximum absolute atomic E-state index is 2.36. The summed E-state index contributed by atoms with van der Waals surface area (Å²) in [6.45, 7) is 4.54. The zero-order valence-corrected chi connectivity index (χ0v) is 10.2. The third kappa shape index (κ3) is 4.10. The van der Waals surface area contributed by atoms with Gasteiger partial charge in [0.05, 0.1) is 0 Å². The Balaban J connectivity index is 4.29. The fourth-order valence-electron chi connectivity index (χ4n) is 2.07. The zero-order valence-electron chi connectivity index (χ0n) is 10.2. The first-order chi connectivity index (χ1) is 6.04. The predicted octanol–water partition coefficient (Wildman–Crippen LogP) is 2.06. The van der Waals surface area contributed by atoms with Crippen molar-refractivity contribution >= 4 is 0 Å². The second-order valence-corrected chi connectivity index (χ2v) is 4.26. The number of hydrogen-bond acceptors (Lipinski definition) is 2. The Morgan fingerprint density at radius 1 is 0.846 bits per heavy atom. The maximum atomic E-state index is 2.36. The molecular weight excluding hydrogens is 160 g/mol. The van der Waals surface area contributed by atoms with E-state index < -0.39 is 0 Å². The number of rotatable bonds is 6. The molecule has 80 valence electrons. The highest BCUT2D eigenvalue weighted by Gasteiger charge is 2.22. The molecule has 0 fully saturated rings. The van der Waals surface area contributed by atoms with E-state index >= 15 is 0 Å². The van der Waals surface area contributed by atoms with Crippen molar-refractivity contribution in [1.29, 1.82) is 0 Å². The summed E-state index contributed by atoms with van der Waals surface area (Å²) in [5.74, 6) is 0. The van der Waals surface area contributed by atoms with E-state index in [1.165, 1.54) is 19.3 Å². The second kappa shape index (κ2) is 6.39.